The molecular weight excluding hydrogens is 388 g/mol. The molecule has 0 aliphatic heterocycles. The Morgan fingerprint density at radius 3 is 1.08 bits per heavy atom. The van der Waals surface area contributed by atoms with Crippen LogP contribution >= 0.6 is 0 Å². The zero-order valence-corrected chi connectivity index (χ0v) is 11.9. The quantitative estimate of drug-likeness (QED) is 0.330. The van der Waals surface area contributed by atoms with Crippen molar-refractivity contribution in [2.75, 3.05) is 0 Å². The van der Waals surface area contributed by atoms with Crippen molar-refractivity contribution in [3.63, 3.8) is 0 Å². The van der Waals surface area contributed by atoms with E-state index in [1.807, 2.05) is 0 Å². The minimum absolute atomic E-state index is 1.49. The van der Waals surface area contributed by atoms with Gasteiger partial charge in [0, 0.05) is 0 Å². The van der Waals surface area contributed by atoms with Gasteiger partial charge in [0.15, 0.2) is 0 Å². The molecule has 0 amide bonds. The molecule has 0 aliphatic rings. The number of allylic oxidation sites excluding steroid dienone is 2. The van der Waals surface area contributed by atoms with Gasteiger partial charge in [0.05, 0.1) is 12.8 Å². The Labute approximate surface area is 132 Å². The van der Waals surface area contributed by atoms with Crippen LogP contribution in [0.4, 0.5) is 52.7 Å². The average molecular weight is 398 g/mol. The predicted molar refractivity (Wildman–Crippen MR) is 60.4 cm³/mol. The van der Waals surface area contributed by atoms with E-state index < -0.39 is 60.9 Å². The topological polar surface area (TPSA) is 9.23 Å². The smallest absolute Gasteiger partial charge is 0.369 e. The maximum Gasteiger partial charge on any atom is 0.369 e. The fourth-order valence-electron chi connectivity index (χ4n) is 1.33. The lowest BCUT2D eigenvalue weighted by Gasteiger charge is -2.28. The van der Waals surface area contributed by atoms with Crippen LogP contribution in [0.5, 0.6) is 0 Å². The first-order valence-electron chi connectivity index (χ1n) is 5.99. The lowest BCUT2D eigenvalue weighted by atomic mass is 10.1. The molecule has 1 nitrogen and oxygen atoms in total. The molecule has 0 saturated heterocycles. The highest BCUT2D eigenvalue weighted by Gasteiger charge is 2.64. The van der Waals surface area contributed by atoms with Gasteiger partial charge in [-0.2, -0.15) is 35.1 Å². The molecule has 0 heterocycles. The summed E-state index contributed by atoms with van der Waals surface area (Å²) in [7, 11) is 0. The number of alkyl halides is 12. The summed E-state index contributed by atoms with van der Waals surface area (Å²) in [6.07, 6.45) is -14.2. The second kappa shape index (κ2) is 7.36. The molecule has 0 unspecified atom stereocenters. The van der Waals surface area contributed by atoms with Gasteiger partial charge < -0.3 is 4.74 Å². The van der Waals surface area contributed by atoms with E-state index in [1.165, 1.54) is 0 Å². The lowest BCUT2D eigenvalue weighted by molar-refractivity contribution is -0.267. The molecule has 148 valence electrons. The zero-order valence-electron chi connectivity index (χ0n) is 11.9. The number of ether oxygens (including phenoxy) is 1. The third kappa shape index (κ3) is 5.21. The van der Waals surface area contributed by atoms with E-state index in [1.54, 1.807) is 0 Å². The second-order valence-corrected chi connectivity index (χ2v) is 4.79. The Morgan fingerprint density at radius 2 is 0.880 bits per heavy atom. The summed E-state index contributed by atoms with van der Waals surface area (Å²) < 4.78 is 154. The van der Waals surface area contributed by atoms with Crippen LogP contribution in [-0.2, 0) is 4.74 Å². The highest BCUT2D eigenvalue weighted by atomic mass is 19.4. The summed E-state index contributed by atoms with van der Waals surface area (Å²) in [5, 5.41) is 0. The largest absolute Gasteiger partial charge is 0.467 e. The molecule has 0 fully saturated rings. The normalized spacial score (nSPS) is 14.2. The molecule has 0 rings (SSSR count). The van der Waals surface area contributed by atoms with Crippen LogP contribution in [0, 0.1) is 0 Å². The van der Waals surface area contributed by atoms with Gasteiger partial charge in [0.1, 0.15) is 11.5 Å². The second-order valence-electron chi connectivity index (χ2n) is 4.79. The van der Waals surface area contributed by atoms with Crippen molar-refractivity contribution < 1.29 is 57.4 Å². The summed E-state index contributed by atoms with van der Waals surface area (Å²) >= 11 is 0. The van der Waals surface area contributed by atoms with Crippen LogP contribution in [0.25, 0.3) is 0 Å². The highest BCUT2D eigenvalue weighted by Crippen LogP contribution is 2.45. The van der Waals surface area contributed by atoms with Crippen molar-refractivity contribution in [3.05, 3.63) is 24.7 Å². The van der Waals surface area contributed by atoms with E-state index in [4.69, 9.17) is 0 Å². The number of halogens is 12. The van der Waals surface area contributed by atoms with Crippen molar-refractivity contribution in [2.45, 2.75) is 49.4 Å². The summed E-state index contributed by atoms with van der Waals surface area (Å²) in [5.74, 6) is -25.5. The molecular formula is C12H10F12O. The molecule has 0 aromatic carbocycles. The summed E-state index contributed by atoms with van der Waals surface area (Å²) in [6, 6.07) is 0. The molecule has 25 heavy (non-hydrogen) atoms. The standard InChI is InChI=1S/C12H10F12O/c1-5(3-9(17,18)11(21,22)7(13)14)25-6(2)4-10(19,20)12(23,24)8(15)16/h7-8H,1-4H2. The zero-order chi connectivity index (χ0) is 20.4. The van der Waals surface area contributed by atoms with Crippen molar-refractivity contribution in [1.82, 2.24) is 0 Å². The van der Waals surface area contributed by atoms with E-state index in [9.17, 15) is 52.7 Å². The molecule has 0 saturated carbocycles. The first-order valence-corrected chi connectivity index (χ1v) is 5.99. The Kier molecular flexibility index (Phi) is 6.90. The summed E-state index contributed by atoms with van der Waals surface area (Å²) in [6.45, 7) is 5.12. The maximum atomic E-state index is 13.0. The minimum atomic E-state index is -5.83. The molecule has 0 atom stereocenters. The SMILES string of the molecule is C=C(CC(F)(F)C(F)(F)C(F)F)OC(=C)CC(F)(F)C(F)(F)C(F)F. The van der Waals surface area contributed by atoms with Gasteiger partial charge in [-0.1, -0.05) is 13.2 Å². The molecule has 0 bridgehead atoms. The van der Waals surface area contributed by atoms with Crippen molar-refractivity contribution in [1.29, 1.82) is 0 Å². The van der Waals surface area contributed by atoms with Crippen LogP contribution in [0.2, 0.25) is 0 Å². The van der Waals surface area contributed by atoms with Crippen molar-refractivity contribution >= 4 is 0 Å². The molecule has 0 aromatic rings. The summed E-state index contributed by atoms with van der Waals surface area (Å²) in [5.41, 5.74) is 0. The first-order chi connectivity index (χ1) is 10.9. The van der Waals surface area contributed by atoms with Crippen LogP contribution in [0.3, 0.4) is 0 Å². The number of rotatable bonds is 10. The molecule has 0 aliphatic carbocycles. The Bertz CT molecular complexity index is 452. The third-order valence-electron chi connectivity index (χ3n) is 2.65. The van der Waals surface area contributed by atoms with E-state index >= 15 is 0 Å². The van der Waals surface area contributed by atoms with E-state index in [0.717, 1.165) is 0 Å². The monoisotopic (exact) mass is 398 g/mol. The van der Waals surface area contributed by atoms with Gasteiger partial charge >= 0.3 is 36.5 Å². The molecule has 0 radical (unpaired) electrons. The van der Waals surface area contributed by atoms with Crippen LogP contribution in [0.1, 0.15) is 12.8 Å². The first kappa shape index (κ1) is 23.4. The fraction of sp³-hybridized carbons (Fsp3) is 0.667. The molecule has 0 aromatic heterocycles. The Balaban J connectivity index is 4.97. The third-order valence-corrected chi connectivity index (χ3v) is 2.65. The van der Waals surface area contributed by atoms with Crippen LogP contribution in [0.15, 0.2) is 24.7 Å². The van der Waals surface area contributed by atoms with Crippen LogP contribution in [-0.4, -0.2) is 36.5 Å². The van der Waals surface area contributed by atoms with Crippen molar-refractivity contribution in [3.8, 4) is 0 Å². The minimum Gasteiger partial charge on any atom is -0.467 e. The van der Waals surface area contributed by atoms with Gasteiger partial charge in [-0.25, -0.2) is 17.6 Å². The molecule has 0 spiro atoms. The van der Waals surface area contributed by atoms with Gasteiger partial charge in [0.25, 0.3) is 0 Å². The van der Waals surface area contributed by atoms with E-state index in [2.05, 4.69) is 17.9 Å². The van der Waals surface area contributed by atoms with Gasteiger partial charge in [-0.05, 0) is 0 Å². The number of hydrogen-bond acceptors (Lipinski definition) is 1. The van der Waals surface area contributed by atoms with E-state index in [-0.39, 0.29) is 0 Å². The predicted octanol–water partition coefficient (Wildman–Crippen LogP) is 5.88. The lowest BCUT2D eigenvalue weighted by Crippen LogP contribution is -2.47. The maximum absolute atomic E-state index is 13.0. The molecule has 13 heteroatoms. The van der Waals surface area contributed by atoms with Crippen molar-refractivity contribution in [2.24, 2.45) is 0 Å². The van der Waals surface area contributed by atoms with Gasteiger partial charge in [-0.15, -0.1) is 0 Å². The van der Waals surface area contributed by atoms with E-state index in [0.29, 0.717) is 0 Å². The average Bonchev–Trinajstić information content (AvgIpc) is 2.35. The number of hydrogen-bond donors (Lipinski definition) is 0. The Hall–Kier alpha value is -1.56. The highest BCUT2D eigenvalue weighted by molar-refractivity contribution is 5.04. The van der Waals surface area contributed by atoms with Gasteiger partial charge in [0.2, 0.25) is 0 Å². The van der Waals surface area contributed by atoms with Crippen LogP contribution < -0.4 is 0 Å². The molecule has 0 N–H and O–H groups in total. The van der Waals surface area contributed by atoms with Gasteiger partial charge in [-0.3, -0.25) is 0 Å². The fourth-order valence-corrected chi connectivity index (χ4v) is 1.33. The Morgan fingerprint density at radius 1 is 0.640 bits per heavy atom. The summed E-state index contributed by atoms with van der Waals surface area (Å²) in [4.78, 5) is 0.